The Hall–Kier alpha value is -1.18. The molecule has 1 aliphatic rings. The number of nitrogen functional groups attached to an aromatic ring is 1. The third-order valence-corrected chi connectivity index (χ3v) is 6.58. The molecule has 2 unspecified atom stereocenters. The van der Waals surface area contributed by atoms with Gasteiger partial charge in [0.15, 0.2) is 0 Å². The lowest BCUT2D eigenvalue weighted by Gasteiger charge is -2.28. The number of anilines is 1. The number of aromatic nitrogens is 2. The maximum Gasteiger partial charge on any atom is 0.478 e. The van der Waals surface area contributed by atoms with Gasteiger partial charge in [0.25, 0.3) is 7.82 Å². The van der Waals surface area contributed by atoms with Crippen molar-refractivity contribution in [1.29, 1.82) is 0 Å². The Morgan fingerprint density at radius 3 is 2.67 bits per heavy atom. The standard InChI is InChI=1S/C14H26N4O10P2/c1-18(2,3)6-7-25-29(21,22)28-30(23,24)26-9-11-10(19)8-13(27-11)17-5-4-12(15)16-14(17)20/h4-5,10-11,13,19H,6-9H2,1-3H3,(H3-,15,16,20,21,22,23,24)/t10-,11+,13+/m0/s1. The number of quaternary nitrogens is 1. The van der Waals surface area contributed by atoms with Crippen LogP contribution in [0.4, 0.5) is 5.82 Å². The first-order valence-corrected chi connectivity index (χ1v) is 11.8. The van der Waals surface area contributed by atoms with Gasteiger partial charge >= 0.3 is 13.5 Å². The van der Waals surface area contributed by atoms with Gasteiger partial charge in [-0.15, -0.1) is 0 Å². The number of nitrogens with two attached hydrogens (primary N) is 1. The van der Waals surface area contributed by atoms with Gasteiger partial charge in [-0.05, 0) is 6.07 Å². The summed E-state index contributed by atoms with van der Waals surface area (Å²) in [4.78, 5) is 36.8. The lowest BCUT2D eigenvalue weighted by atomic mass is 10.2. The number of nitrogens with zero attached hydrogens (tertiary/aromatic N) is 3. The van der Waals surface area contributed by atoms with Crippen molar-refractivity contribution in [2.24, 2.45) is 0 Å². The maximum absolute atomic E-state index is 11.9. The van der Waals surface area contributed by atoms with Crippen LogP contribution < -0.4 is 16.3 Å². The number of ether oxygens (including phenoxy) is 1. The number of aliphatic hydroxyl groups is 1. The third-order valence-electron chi connectivity index (χ3n) is 3.98. The van der Waals surface area contributed by atoms with Crippen molar-refractivity contribution in [2.75, 3.05) is 46.6 Å². The average Bonchev–Trinajstić information content (AvgIpc) is 2.91. The van der Waals surface area contributed by atoms with Crippen LogP contribution in [0.5, 0.6) is 0 Å². The highest BCUT2D eigenvalue weighted by Crippen LogP contribution is 2.58. The number of phosphoric ester groups is 2. The van der Waals surface area contributed by atoms with E-state index in [9.17, 15) is 28.8 Å². The summed E-state index contributed by atoms with van der Waals surface area (Å²) in [6, 6.07) is 1.36. The first-order chi connectivity index (χ1) is 13.7. The minimum atomic E-state index is -5.11. The molecule has 1 fully saturated rings. The molecule has 0 amide bonds. The van der Waals surface area contributed by atoms with Crippen molar-refractivity contribution in [1.82, 2.24) is 9.55 Å². The fourth-order valence-electron chi connectivity index (χ4n) is 2.45. The highest BCUT2D eigenvalue weighted by Gasteiger charge is 2.38. The molecule has 0 bridgehead atoms. The summed E-state index contributed by atoms with van der Waals surface area (Å²) in [5, 5.41) is 10.1. The second-order valence-corrected chi connectivity index (χ2v) is 10.6. The molecule has 30 heavy (non-hydrogen) atoms. The van der Waals surface area contributed by atoms with Crippen molar-refractivity contribution in [3.05, 3.63) is 22.7 Å². The summed E-state index contributed by atoms with van der Waals surface area (Å²) >= 11 is 0. The molecule has 1 aliphatic heterocycles. The molecule has 5 atom stereocenters. The highest BCUT2D eigenvalue weighted by molar-refractivity contribution is 7.60. The van der Waals surface area contributed by atoms with Gasteiger partial charge in [0, 0.05) is 12.6 Å². The van der Waals surface area contributed by atoms with Crippen molar-refractivity contribution >= 4 is 21.5 Å². The van der Waals surface area contributed by atoms with Gasteiger partial charge in [-0.25, -0.2) is 13.7 Å². The Morgan fingerprint density at radius 2 is 2.07 bits per heavy atom. The summed E-state index contributed by atoms with van der Waals surface area (Å²) in [5.41, 5.74) is 4.71. The van der Waals surface area contributed by atoms with Crippen LogP contribution in [-0.2, 0) is 27.2 Å². The topological polar surface area (TPSA) is 195 Å². The van der Waals surface area contributed by atoms with Crippen LogP contribution in [0.1, 0.15) is 12.6 Å². The second kappa shape index (κ2) is 9.53. The molecule has 0 aliphatic carbocycles. The van der Waals surface area contributed by atoms with Gasteiger partial charge in [-0.1, -0.05) is 0 Å². The van der Waals surface area contributed by atoms with E-state index in [2.05, 4.69) is 18.3 Å². The second-order valence-electron chi connectivity index (χ2n) is 7.61. The van der Waals surface area contributed by atoms with E-state index >= 15 is 0 Å². The molecular weight excluding hydrogens is 446 g/mol. The van der Waals surface area contributed by atoms with Gasteiger partial charge in [0.2, 0.25) is 0 Å². The summed E-state index contributed by atoms with van der Waals surface area (Å²) in [7, 11) is -4.79. The van der Waals surface area contributed by atoms with Crippen LogP contribution >= 0.6 is 15.6 Å². The van der Waals surface area contributed by atoms with Crippen LogP contribution in [0.15, 0.2) is 17.1 Å². The zero-order chi connectivity index (χ0) is 22.7. The zero-order valence-corrected chi connectivity index (χ0v) is 18.5. The minimum absolute atomic E-state index is 0.0127. The van der Waals surface area contributed by atoms with Crippen LogP contribution in [0.25, 0.3) is 0 Å². The average molecular weight is 472 g/mol. The van der Waals surface area contributed by atoms with Crippen LogP contribution in [0, 0.1) is 0 Å². The number of hydrogen-bond acceptors (Lipinski definition) is 11. The summed E-state index contributed by atoms with van der Waals surface area (Å²) in [5.74, 6) is 0.0127. The molecule has 1 aromatic heterocycles. The smallest absolute Gasteiger partial charge is 0.478 e. The monoisotopic (exact) mass is 472 g/mol. The van der Waals surface area contributed by atoms with Gasteiger partial charge in [-0.2, -0.15) is 4.98 Å². The van der Waals surface area contributed by atoms with Crippen LogP contribution in [0.2, 0.25) is 0 Å². The molecule has 0 spiro atoms. The van der Waals surface area contributed by atoms with Crippen LogP contribution in [-0.4, -0.2) is 77.1 Å². The number of hydrogen-bond donors (Lipinski definition) is 3. The molecular formula is C14H26N4O10P2. The molecule has 2 heterocycles. The van der Waals surface area contributed by atoms with E-state index in [-0.39, 0.29) is 18.8 Å². The largest absolute Gasteiger partial charge is 0.756 e. The highest BCUT2D eigenvalue weighted by atomic mass is 31.3. The summed E-state index contributed by atoms with van der Waals surface area (Å²) in [6.07, 6.45) is -1.93. The van der Waals surface area contributed by atoms with Gasteiger partial charge in [0.05, 0.1) is 33.9 Å². The van der Waals surface area contributed by atoms with E-state index in [4.69, 9.17) is 10.5 Å². The first kappa shape index (κ1) is 25.1. The Morgan fingerprint density at radius 1 is 1.40 bits per heavy atom. The van der Waals surface area contributed by atoms with Crippen molar-refractivity contribution < 1.29 is 46.6 Å². The lowest BCUT2D eigenvalue weighted by Crippen LogP contribution is -2.37. The SMILES string of the molecule is C[N+](C)(C)CCOP(=O)([O-])OP(=O)(O)OC[C@H]1O[C@@H](n2ccc(N)nc2=O)C[C@@H]1O. The van der Waals surface area contributed by atoms with E-state index in [0.717, 1.165) is 4.57 Å². The Bertz CT molecular complexity index is 888. The fourth-order valence-corrected chi connectivity index (χ4v) is 4.48. The summed E-state index contributed by atoms with van der Waals surface area (Å²) in [6.45, 7) is -0.642. The Kier molecular flexibility index (Phi) is 7.97. The van der Waals surface area contributed by atoms with E-state index in [1.807, 2.05) is 0 Å². The normalized spacial score (nSPS) is 26.3. The summed E-state index contributed by atoms with van der Waals surface area (Å²) < 4.78 is 43.9. The number of phosphoric acid groups is 2. The molecule has 0 aromatic carbocycles. The minimum Gasteiger partial charge on any atom is -0.756 e. The van der Waals surface area contributed by atoms with E-state index in [1.54, 1.807) is 21.1 Å². The van der Waals surface area contributed by atoms with Crippen molar-refractivity contribution in [2.45, 2.75) is 24.9 Å². The van der Waals surface area contributed by atoms with Gasteiger partial charge < -0.3 is 34.4 Å². The zero-order valence-electron chi connectivity index (χ0n) is 16.7. The van der Waals surface area contributed by atoms with E-state index in [0.29, 0.717) is 11.0 Å². The number of aliphatic hydroxyl groups excluding tert-OH is 1. The molecule has 0 radical (unpaired) electrons. The molecule has 172 valence electrons. The number of rotatable bonds is 10. The molecule has 2 rings (SSSR count). The van der Waals surface area contributed by atoms with E-state index in [1.165, 1.54) is 12.3 Å². The Balaban J connectivity index is 1.89. The maximum atomic E-state index is 11.9. The number of likely N-dealkylation sites (N-methyl/N-ethyl adjacent to an activating group) is 1. The van der Waals surface area contributed by atoms with Gasteiger partial charge in [-0.3, -0.25) is 13.7 Å². The molecule has 16 heteroatoms. The quantitative estimate of drug-likeness (QED) is 0.272. The predicted octanol–water partition coefficient (Wildman–Crippen LogP) is -1.20. The van der Waals surface area contributed by atoms with Gasteiger partial charge in [0.1, 0.15) is 31.3 Å². The van der Waals surface area contributed by atoms with Crippen LogP contribution in [0.3, 0.4) is 0 Å². The Labute approximate surface area is 172 Å². The molecule has 14 nitrogen and oxygen atoms in total. The van der Waals surface area contributed by atoms with Crippen molar-refractivity contribution in [3.8, 4) is 0 Å². The lowest BCUT2D eigenvalue weighted by molar-refractivity contribution is -0.870. The molecule has 0 saturated carbocycles. The molecule has 4 N–H and O–H groups in total. The third kappa shape index (κ3) is 7.82. The predicted molar refractivity (Wildman–Crippen MR) is 101 cm³/mol. The van der Waals surface area contributed by atoms with Crippen molar-refractivity contribution in [3.63, 3.8) is 0 Å². The van der Waals surface area contributed by atoms with E-state index < -0.39 is 46.4 Å². The first-order valence-electron chi connectivity index (χ1n) is 8.80. The molecule has 1 aromatic rings. The fraction of sp³-hybridized carbons (Fsp3) is 0.714. The molecule has 1 saturated heterocycles.